The van der Waals surface area contributed by atoms with E-state index in [1.807, 2.05) is 0 Å². The summed E-state index contributed by atoms with van der Waals surface area (Å²) in [4.78, 5) is 0. The van der Waals surface area contributed by atoms with Gasteiger partial charge in [0, 0.05) is 6.61 Å². The van der Waals surface area contributed by atoms with Crippen molar-refractivity contribution in [3.05, 3.63) is 0 Å². The van der Waals surface area contributed by atoms with Gasteiger partial charge in [-0.25, -0.2) is 0 Å². The van der Waals surface area contributed by atoms with Crippen molar-refractivity contribution < 1.29 is 4.74 Å². The van der Waals surface area contributed by atoms with Crippen LogP contribution < -0.4 is 0 Å². The standard InChI is InChI=1S/C16H26O/c1-4-17-15-11-8-12(16(15,2)3)14-10-6-5-9(7-10)13(11)14/h9-15H,4-8H2,1-3H3. The summed E-state index contributed by atoms with van der Waals surface area (Å²) in [6, 6.07) is 0. The molecule has 0 aromatic rings. The van der Waals surface area contributed by atoms with Crippen molar-refractivity contribution in [1.82, 2.24) is 0 Å². The fourth-order valence-electron chi connectivity index (χ4n) is 6.63. The Labute approximate surface area is 105 Å². The third-order valence-electron chi connectivity index (χ3n) is 6.96. The third kappa shape index (κ3) is 1.15. The van der Waals surface area contributed by atoms with Crippen molar-refractivity contribution in [2.75, 3.05) is 6.61 Å². The molecule has 0 aromatic heterocycles. The average molecular weight is 234 g/mol. The Morgan fingerprint density at radius 1 is 1.06 bits per heavy atom. The highest BCUT2D eigenvalue weighted by Crippen LogP contribution is 2.72. The second-order valence-electron chi connectivity index (χ2n) is 7.69. The highest BCUT2D eigenvalue weighted by molar-refractivity contribution is 5.16. The van der Waals surface area contributed by atoms with Crippen molar-refractivity contribution in [2.45, 2.75) is 52.6 Å². The predicted molar refractivity (Wildman–Crippen MR) is 68.6 cm³/mol. The zero-order valence-electron chi connectivity index (χ0n) is 11.5. The van der Waals surface area contributed by atoms with Crippen LogP contribution in [-0.4, -0.2) is 12.7 Å². The van der Waals surface area contributed by atoms with Gasteiger partial charge >= 0.3 is 0 Å². The van der Waals surface area contributed by atoms with Crippen LogP contribution in [0.15, 0.2) is 0 Å². The number of fused-ring (bicyclic) bond motifs is 9. The molecule has 0 amide bonds. The summed E-state index contributed by atoms with van der Waals surface area (Å²) in [6.07, 6.45) is 6.70. The molecule has 1 nitrogen and oxygen atoms in total. The van der Waals surface area contributed by atoms with Crippen LogP contribution in [-0.2, 0) is 4.74 Å². The second kappa shape index (κ2) is 3.29. The quantitative estimate of drug-likeness (QED) is 0.662. The highest BCUT2D eigenvalue weighted by atomic mass is 16.5. The van der Waals surface area contributed by atoms with Crippen LogP contribution in [0.3, 0.4) is 0 Å². The van der Waals surface area contributed by atoms with Crippen molar-refractivity contribution in [3.63, 3.8) is 0 Å². The van der Waals surface area contributed by atoms with Crippen LogP contribution in [0.5, 0.6) is 0 Å². The van der Waals surface area contributed by atoms with Gasteiger partial charge < -0.3 is 4.74 Å². The molecule has 0 saturated heterocycles. The van der Waals surface area contributed by atoms with Gasteiger partial charge in [-0.3, -0.25) is 0 Å². The maximum Gasteiger partial charge on any atom is 0.0659 e. The lowest BCUT2D eigenvalue weighted by Crippen LogP contribution is -2.47. The van der Waals surface area contributed by atoms with Crippen LogP contribution in [0.4, 0.5) is 0 Å². The summed E-state index contributed by atoms with van der Waals surface area (Å²) in [5, 5.41) is 0. The molecule has 4 aliphatic carbocycles. The summed E-state index contributed by atoms with van der Waals surface area (Å²) < 4.78 is 6.17. The molecule has 1 heteroatoms. The lowest BCUT2D eigenvalue weighted by atomic mass is 9.61. The maximum absolute atomic E-state index is 6.17. The van der Waals surface area contributed by atoms with Crippen LogP contribution in [0.25, 0.3) is 0 Å². The molecule has 0 aromatic carbocycles. The molecule has 4 aliphatic rings. The first-order chi connectivity index (χ1) is 8.14. The first kappa shape index (κ1) is 10.8. The van der Waals surface area contributed by atoms with E-state index in [0.717, 1.165) is 42.1 Å². The Bertz CT molecular complexity index is 332. The molecule has 96 valence electrons. The second-order valence-corrected chi connectivity index (χ2v) is 7.69. The van der Waals surface area contributed by atoms with E-state index in [1.165, 1.54) is 12.8 Å². The van der Waals surface area contributed by atoms with Gasteiger partial charge in [0.2, 0.25) is 0 Å². The number of hydrogen-bond donors (Lipinski definition) is 0. The Hall–Kier alpha value is -0.0400. The number of rotatable bonds is 2. The first-order valence-electron chi connectivity index (χ1n) is 7.76. The fraction of sp³-hybridized carbons (Fsp3) is 1.00. The average Bonchev–Trinajstić information content (AvgIpc) is 2.98. The first-order valence-corrected chi connectivity index (χ1v) is 7.76. The summed E-state index contributed by atoms with van der Waals surface area (Å²) in [5.74, 6) is 6.22. The van der Waals surface area contributed by atoms with E-state index in [1.54, 1.807) is 12.8 Å². The molecule has 0 N–H and O–H groups in total. The van der Waals surface area contributed by atoms with E-state index in [9.17, 15) is 0 Å². The van der Waals surface area contributed by atoms with E-state index >= 15 is 0 Å². The Morgan fingerprint density at radius 2 is 1.76 bits per heavy atom. The minimum atomic E-state index is 0.451. The van der Waals surface area contributed by atoms with E-state index in [0.29, 0.717) is 11.5 Å². The predicted octanol–water partition coefficient (Wildman–Crippen LogP) is 3.73. The van der Waals surface area contributed by atoms with E-state index in [-0.39, 0.29) is 0 Å². The smallest absolute Gasteiger partial charge is 0.0659 e. The molecule has 0 spiro atoms. The fourth-order valence-corrected chi connectivity index (χ4v) is 6.63. The molecule has 17 heavy (non-hydrogen) atoms. The molecule has 0 heterocycles. The molecule has 7 atom stereocenters. The molecule has 4 fully saturated rings. The van der Waals surface area contributed by atoms with E-state index in [2.05, 4.69) is 20.8 Å². The summed E-state index contributed by atoms with van der Waals surface area (Å²) >= 11 is 0. The topological polar surface area (TPSA) is 9.23 Å². The van der Waals surface area contributed by atoms with Crippen molar-refractivity contribution in [3.8, 4) is 0 Å². The zero-order chi connectivity index (χ0) is 11.8. The Balaban J connectivity index is 1.69. The van der Waals surface area contributed by atoms with Gasteiger partial charge in [-0.2, -0.15) is 0 Å². The van der Waals surface area contributed by atoms with Crippen LogP contribution in [0.1, 0.15) is 46.5 Å². The SMILES string of the molecule is CCOC1C2CC(C3C4CCC(C4)C23)C1(C)C. The van der Waals surface area contributed by atoms with Gasteiger partial charge in [0.25, 0.3) is 0 Å². The van der Waals surface area contributed by atoms with Gasteiger partial charge in [0.15, 0.2) is 0 Å². The molecule has 4 rings (SSSR count). The number of hydrogen-bond acceptors (Lipinski definition) is 1. The largest absolute Gasteiger partial charge is 0.378 e. The molecular formula is C16H26O. The molecule has 0 radical (unpaired) electrons. The van der Waals surface area contributed by atoms with E-state index < -0.39 is 0 Å². The summed E-state index contributed by atoms with van der Waals surface area (Å²) in [6.45, 7) is 8.05. The van der Waals surface area contributed by atoms with Crippen molar-refractivity contribution in [1.29, 1.82) is 0 Å². The minimum absolute atomic E-state index is 0.451. The monoisotopic (exact) mass is 234 g/mol. The van der Waals surface area contributed by atoms with Crippen molar-refractivity contribution in [2.24, 2.45) is 40.9 Å². The van der Waals surface area contributed by atoms with Crippen LogP contribution in [0, 0.1) is 40.9 Å². The Kier molecular flexibility index (Phi) is 2.10. The third-order valence-corrected chi connectivity index (χ3v) is 6.96. The zero-order valence-corrected chi connectivity index (χ0v) is 11.5. The molecule has 4 bridgehead atoms. The van der Waals surface area contributed by atoms with E-state index in [4.69, 9.17) is 4.74 Å². The lowest BCUT2D eigenvalue weighted by molar-refractivity contribution is -0.0980. The highest BCUT2D eigenvalue weighted by Gasteiger charge is 2.68. The minimum Gasteiger partial charge on any atom is -0.378 e. The number of ether oxygens (including phenoxy) is 1. The van der Waals surface area contributed by atoms with Crippen LogP contribution in [0.2, 0.25) is 0 Å². The van der Waals surface area contributed by atoms with Crippen LogP contribution >= 0.6 is 0 Å². The molecule has 0 aliphatic heterocycles. The Morgan fingerprint density at radius 3 is 2.47 bits per heavy atom. The van der Waals surface area contributed by atoms with Gasteiger partial charge in [0.05, 0.1) is 6.10 Å². The molecule has 4 saturated carbocycles. The van der Waals surface area contributed by atoms with Gasteiger partial charge in [-0.05, 0) is 73.5 Å². The van der Waals surface area contributed by atoms with Gasteiger partial charge in [-0.1, -0.05) is 13.8 Å². The maximum atomic E-state index is 6.17. The summed E-state index contributed by atoms with van der Waals surface area (Å²) in [7, 11) is 0. The summed E-state index contributed by atoms with van der Waals surface area (Å²) in [5.41, 5.74) is 0.451. The normalized spacial score (nSPS) is 57.7. The lowest BCUT2D eigenvalue weighted by Gasteiger charge is -2.47. The molecular weight excluding hydrogens is 208 g/mol. The molecule has 7 unspecified atom stereocenters. The van der Waals surface area contributed by atoms with Gasteiger partial charge in [-0.15, -0.1) is 0 Å². The van der Waals surface area contributed by atoms with Gasteiger partial charge in [0.1, 0.15) is 0 Å². The van der Waals surface area contributed by atoms with Crippen molar-refractivity contribution >= 4 is 0 Å².